The van der Waals surface area contributed by atoms with Crippen LogP contribution in [0.4, 0.5) is 0 Å². The minimum absolute atomic E-state index is 0.0510. The molecule has 1 heterocycles. The second kappa shape index (κ2) is 6.90. The molecule has 1 aliphatic heterocycles. The Morgan fingerprint density at radius 3 is 2.62 bits per heavy atom. The van der Waals surface area contributed by atoms with Gasteiger partial charge in [0.2, 0.25) is 11.8 Å². The van der Waals surface area contributed by atoms with Gasteiger partial charge in [0.1, 0.15) is 18.5 Å². The first-order chi connectivity index (χ1) is 11.4. The van der Waals surface area contributed by atoms with Crippen LogP contribution in [-0.2, 0) is 9.59 Å². The van der Waals surface area contributed by atoms with Crippen LogP contribution in [-0.4, -0.2) is 41.1 Å². The van der Waals surface area contributed by atoms with Gasteiger partial charge >= 0.3 is 0 Å². The number of carbonyl (C=O) groups excluding carboxylic acids is 2. The summed E-state index contributed by atoms with van der Waals surface area (Å²) >= 11 is 11.8. The van der Waals surface area contributed by atoms with Crippen molar-refractivity contribution < 1.29 is 19.4 Å². The number of imide groups is 1. The zero-order valence-electron chi connectivity index (χ0n) is 13.1. The molecule has 1 aromatic rings. The van der Waals surface area contributed by atoms with Crippen molar-refractivity contribution in [3.8, 4) is 5.75 Å². The summed E-state index contributed by atoms with van der Waals surface area (Å²) in [4.78, 5) is 25.9. The molecule has 2 fully saturated rings. The standard InChI is InChI=1S/C17H19Cl2NO4/c18-11-3-4-14(13(19)7-11)24-10-12(21)9-20-15(22)8-17(16(20)23)5-1-2-6-17/h3-4,7,12,21H,1-2,5-6,8-10H2. The molecule has 2 amide bonds. The van der Waals surface area contributed by atoms with Crippen LogP contribution in [0, 0.1) is 5.41 Å². The first-order valence-corrected chi connectivity index (χ1v) is 8.78. The molecule has 0 aromatic heterocycles. The molecule has 0 radical (unpaired) electrons. The number of aliphatic hydroxyl groups is 1. The molecular formula is C17H19Cl2NO4. The number of likely N-dealkylation sites (tertiary alicyclic amines) is 1. The number of halogens is 2. The van der Waals surface area contributed by atoms with Crippen molar-refractivity contribution in [3.63, 3.8) is 0 Å². The molecule has 1 aliphatic carbocycles. The predicted molar refractivity (Wildman–Crippen MR) is 90.2 cm³/mol. The number of carbonyl (C=O) groups is 2. The van der Waals surface area contributed by atoms with E-state index in [0.29, 0.717) is 15.8 Å². The molecule has 1 aromatic carbocycles. The normalized spacial score (nSPS) is 20.9. The molecule has 1 unspecified atom stereocenters. The third-order valence-corrected chi connectivity index (χ3v) is 5.30. The maximum Gasteiger partial charge on any atom is 0.235 e. The highest BCUT2D eigenvalue weighted by Gasteiger charge is 2.52. The van der Waals surface area contributed by atoms with Crippen LogP contribution < -0.4 is 4.74 Å². The van der Waals surface area contributed by atoms with Gasteiger partial charge in [-0.1, -0.05) is 36.0 Å². The smallest absolute Gasteiger partial charge is 0.235 e. The number of β-amino-alcohol motifs (C(OH)–C–C–N with tert-alkyl or cyclic N) is 1. The number of rotatable bonds is 5. The van der Waals surface area contributed by atoms with E-state index in [1.807, 2.05) is 0 Å². The summed E-state index contributed by atoms with van der Waals surface area (Å²) in [6.07, 6.45) is 2.78. The fraction of sp³-hybridized carbons (Fsp3) is 0.529. The largest absolute Gasteiger partial charge is 0.489 e. The second-order valence-electron chi connectivity index (χ2n) is 6.51. The van der Waals surface area contributed by atoms with Crippen molar-refractivity contribution in [2.75, 3.05) is 13.2 Å². The highest BCUT2D eigenvalue weighted by atomic mass is 35.5. The molecule has 130 valence electrons. The zero-order valence-corrected chi connectivity index (χ0v) is 14.6. The summed E-state index contributed by atoms with van der Waals surface area (Å²) < 4.78 is 5.46. The number of amides is 2. The minimum Gasteiger partial charge on any atom is -0.489 e. The van der Waals surface area contributed by atoms with Crippen LogP contribution in [0.1, 0.15) is 32.1 Å². The second-order valence-corrected chi connectivity index (χ2v) is 7.36. The van der Waals surface area contributed by atoms with E-state index in [2.05, 4.69) is 0 Å². The maximum absolute atomic E-state index is 12.6. The monoisotopic (exact) mass is 371 g/mol. The van der Waals surface area contributed by atoms with Crippen molar-refractivity contribution >= 4 is 35.0 Å². The lowest BCUT2D eigenvalue weighted by Crippen LogP contribution is -2.41. The van der Waals surface area contributed by atoms with E-state index in [0.717, 1.165) is 25.7 Å². The van der Waals surface area contributed by atoms with Crippen molar-refractivity contribution in [3.05, 3.63) is 28.2 Å². The van der Waals surface area contributed by atoms with Gasteiger partial charge in [-0.15, -0.1) is 0 Å². The van der Waals surface area contributed by atoms with Crippen LogP contribution in [0.3, 0.4) is 0 Å². The highest BCUT2D eigenvalue weighted by Crippen LogP contribution is 2.46. The third-order valence-electron chi connectivity index (χ3n) is 4.77. The Morgan fingerprint density at radius 2 is 1.96 bits per heavy atom. The van der Waals surface area contributed by atoms with Gasteiger partial charge in [-0.2, -0.15) is 0 Å². The molecule has 3 rings (SSSR count). The van der Waals surface area contributed by atoms with Gasteiger partial charge in [-0.3, -0.25) is 14.5 Å². The van der Waals surface area contributed by atoms with E-state index in [1.165, 1.54) is 4.90 Å². The Balaban J connectivity index is 1.57. The Hall–Kier alpha value is -1.30. The summed E-state index contributed by atoms with van der Waals surface area (Å²) in [6, 6.07) is 4.78. The molecule has 1 saturated carbocycles. The summed E-state index contributed by atoms with van der Waals surface area (Å²) in [5, 5.41) is 11.0. The maximum atomic E-state index is 12.6. The molecule has 1 atom stereocenters. The third kappa shape index (κ3) is 3.39. The highest BCUT2D eigenvalue weighted by molar-refractivity contribution is 6.35. The average Bonchev–Trinajstić information content (AvgIpc) is 3.08. The van der Waals surface area contributed by atoms with Crippen LogP contribution in [0.15, 0.2) is 18.2 Å². The van der Waals surface area contributed by atoms with Crippen LogP contribution in [0.2, 0.25) is 10.0 Å². The Labute approximate surface area is 150 Å². The Kier molecular flexibility index (Phi) is 5.04. The number of hydrogen-bond donors (Lipinski definition) is 1. The van der Waals surface area contributed by atoms with Gasteiger partial charge in [0.25, 0.3) is 0 Å². The average molecular weight is 372 g/mol. The SMILES string of the molecule is O=C1CC2(CCCC2)C(=O)N1CC(O)COc1ccc(Cl)cc1Cl. The van der Waals surface area contributed by atoms with Crippen molar-refractivity contribution in [2.24, 2.45) is 5.41 Å². The molecule has 1 saturated heterocycles. The molecule has 24 heavy (non-hydrogen) atoms. The van der Waals surface area contributed by atoms with Crippen LogP contribution in [0.25, 0.3) is 0 Å². The lowest BCUT2D eigenvalue weighted by molar-refractivity contribution is -0.143. The lowest BCUT2D eigenvalue weighted by atomic mass is 9.84. The summed E-state index contributed by atoms with van der Waals surface area (Å²) in [5.74, 6) is 0.0468. The molecular weight excluding hydrogens is 353 g/mol. The van der Waals surface area contributed by atoms with Crippen molar-refractivity contribution in [1.82, 2.24) is 4.90 Å². The summed E-state index contributed by atoms with van der Waals surface area (Å²) in [6.45, 7) is -0.115. The molecule has 7 heteroatoms. The Bertz CT molecular complexity index is 658. The van der Waals surface area contributed by atoms with Gasteiger partial charge < -0.3 is 9.84 Å². The minimum atomic E-state index is -0.971. The van der Waals surface area contributed by atoms with Crippen LogP contribution in [0.5, 0.6) is 5.75 Å². The predicted octanol–water partition coefficient (Wildman–Crippen LogP) is 3.05. The number of nitrogens with zero attached hydrogens (tertiary/aromatic N) is 1. The number of ether oxygens (including phenoxy) is 1. The van der Waals surface area contributed by atoms with E-state index in [1.54, 1.807) is 18.2 Å². The van der Waals surface area contributed by atoms with E-state index >= 15 is 0 Å². The van der Waals surface area contributed by atoms with E-state index in [9.17, 15) is 14.7 Å². The van der Waals surface area contributed by atoms with E-state index < -0.39 is 11.5 Å². The first kappa shape index (κ1) is 17.5. The van der Waals surface area contributed by atoms with E-state index in [4.69, 9.17) is 27.9 Å². The molecule has 1 spiro atoms. The molecule has 1 N–H and O–H groups in total. The summed E-state index contributed by atoms with van der Waals surface area (Å²) in [7, 11) is 0. The first-order valence-electron chi connectivity index (χ1n) is 8.02. The van der Waals surface area contributed by atoms with Gasteiger partial charge in [0, 0.05) is 11.4 Å². The number of aliphatic hydroxyl groups excluding tert-OH is 1. The number of benzene rings is 1. The van der Waals surface area contributed by atoms with Crippen molar-refractivity contribution in [1.29, 1.82) is 0 Å². The van der Waals surface area contributed by atoms with E-state index in [-0.39, 0.29) is 31.4 Å². The number of hydrogen-bond acceptors (Lipinski definition) is 4. The molecule has 0 bridgehead atoms. The fourth-order valence-electron chi connectivity index (χ4n) is 3.53. The quantitative estimate of drug-likeness (QED) is 0.807. The Morgan fingerprint density at radius 1 is 1.25 bits per heavy atom. The molecule has 2 aliphatic rings. The zero-order chi connectivity index (χ0) is 17.3. The summed E-state index contributed by atoms with van der Waals surface area (Å²) in [5.41, 5.74) is -0.517. The topological polar surface area (TPSA) is 66.8 Å². The fourth-order valence-corrected chi connectivity index (χ4v) is 3.99. The van der Waals surface area contributed by atoms with Gasteiger partial charge in [-0.25, -0.2) is 0 Å². The van der Waals surface area contributed by atoms with Gasteiger partial charge in [-0.05, 0) is 31.0 Å². The lowest BCUT2D eigenvalue weighted by Gasteiger charge is -2.23. The van der Waals surface area contributed by atoms with Gasteiger partial charge in [0.05, 0.1) is 17.0 Å². The van der Waals surface area contributed by atoms with Crippen molar-refractivity contribution in [2.45, 2.75) is 38.2 Å². The molecule has 5 nitrogen and oxygen atoms in total. The van der Waals surface area contributed by atoms with Gasteiger partial charge in [0.15, 0.2) is 0 Å². The van der Waals surface area contributed by atoms with Crippen LogP contribution >= 0.6 is 23.2 Å².